The van der Waals surface area contributed by atoms with Crippen molar-refractivity contribution >= 4 is 12.4 Å². The van der Waals surface area contributed by atoms with Crippen molar-refractivity contribution < 1.29 is 10.2 Å². The molecule has 0 aliphatic rings. The van der Waals surface area contributed by atoms with Crippen molar-refractivity contribution in [2.45, 2.75) is 32.6 Å². The molecule has 2 aromatic carbocycles. The summed E-state index contributed by atoms with van der Waals surface area (Å²) < 4.78 is 0. The fourth-order valence-electron chi connectivity index (χ4n) is 2.81. The van der Waals surface area contributed by atoms with Crippen LogP contribution >= 0.6 is 12.4 Å². The van der Waals surface area contributed by atoms with E-state index >= 15 is 0 Å². The molecule has 2 N–H and O–H groups in total. The van der Waals surface area contributed by atoms with Crippen LogP contribution in [0.25, 0.3) is 0 Å². The Kier molecular flexibility index (Phi) is 9.28. The minimum Gasteiger partial charge on any atom is -0.504 e. The summed E-state index contributed by atoms with van der Waals surface area (Å²) in [7, 11) is 0. The molecule has 0 aliphatic heterocycles. The molecular formula is C20H28ClNO2. The molecule has 3 nitrogen and oxygen atoms in total. The van der Waals surface area contributed by atoms with Crippen molar-refractivity contribution in [1.29, 1.82) is 0 Å². The minimum absolute atomic E-state index is 0. The van der Waals surface area contributed by atoms with Crippen molar-refractivity contribution in [3.05, 3.63) is 59.7 Å². The van der Waals surface area contributed by atoms with Crippen molar-refractivity contribution in [3.8, 4) is 11.5 Å². The van der Waals surface area contributed by atoms with Crippen LogP contribution in [0.3, 0.4) is 0 Å². The summed E-state index contributed by atoms with van der Waals surface area (Å²) in [5.41, 5.74) is 2.46. The average molecular weight is 350 g/mol. The Morgan fingerprint density at radius 1 is 0.792 bits per heavy atom. The highest BCUT2D eigenvalue weighted by Crippen LogP contribution is 2.25. The van der Waals surface area contributed by atoms with Gasteiger partial charge in [-0.15, -0.1) is 12.4 Å². The van der Waals surface area contributed by atoms with Crippen LogP contribution in [0.4, 0.5) is 0 Å². The Balaban J connectivity index is 0.00000288. The number of hydrogen-bond acceptors (Lipinski definition) is 3. The van der Waals surface area contributed by atoms with Crippen LogP contribution in [0.1, 0.15) is 30.9 Å². The first-order valence-electron chi connectivity index (χ1n) is 8.46. The summed E-state index contributed by atoms with van der Waals surface area (Å²) in [5.74, 6) is -0.0874. The van der Waals surface area contributed by atoms with Gasteiger partial charge in [0.15, 0.2) is 11.5 Å². The third-order valence-electron chi connectivity index (χ3n) is 4.08. The van der Waals surface area contributed by atoms with Crippen molar-refractivity contribution in [1.82, 2.24) is 4.90 Å². The van der Waals surface area contributed by atoms with Crippen LogP contribution in [-0.2, 0) is 12.8 Å². The Morgan fingerprint density at radius 2 is 1.54 bits per heavy atom. The summed E-state index contributed by atoms with van der Waals surface area (Å²) in [6.45, 7) is 5.37. The number of aromatic hydroxyl groups is 2. The standard InChI is InChI=1S/C20H27NO2.ClH/c1-2-13-21(14-6-9-17-7-4-3-5-8-17)15-12-18-10-11-19(22)20(23)16-18;/h3-5,7-8,10-11,16,22-23H,2,6,9,12-15H2,1H3;1H. The Bertz CT molecular complexity index is 589. The third kappa shape index (κ3) is 6.81. The van der Waals surface area contributed by atoms with Gasteiger partial charge in [-0.25, -0.2) is 0 Å². The minimum atomic E-state index is -0.0537. The normalized spacial score (nSPS) is 10.6. The molecule has 0 aromatic heterocycles. The van der Waals surface area contributed by atoms with Gasteiger partial charge >= 0.3 is 0 Å². The number of rotatable bonds is 9. The maximum absolute atomic E-state index is 9.57. The molecule has 0 radical (unpaired) electrons. The van der Waals surface area contributed by atoms with E-state index in [0.717, 1.165) is 50.9 Å². The number of aryl methyl sites for hydroxylation is 1. The van der Waals surface area contributed by atoms with E-state index in [-0.39, 0.29) is 23.9 Å². The van der Waals surface area contributed by atoms with Crippen molar-refractivity contribution in [2.75, 3.05) is 19.6 Å². The van der Waals surface area contributed by atoms with Crippen LogP contribution < -0.4 is 0 Å². The SMILES string of the molecule is CCCN(CCCc1ccccc1)CCc1ccc(O)c(O)c1.Cl. The fourth-order valence-corrected chi connectivity index (χ4v) is 2.81. The Morgan fingerprint density at radius 3 is 2.21 bits per heavy atom. The number of halogens is 1. The van der Waals surface area contributed by atoms with Gasteiger partial charge in [0.2, 0.25) is 0 Å². The van der Waals surface area contributed by atoms with E-state index in [4.69, 9.17) is 0 Å². The van der Waals surface area contributed by atoms with E-state index in [1.807, 2.05) is 6.07 Å². The van der Waals surface area contributed by atoms with Crippen LogP contribution in [0.2, 0.25) is 0 Å². The lowest BCUT2D eigenvalue weighted by molar-refractivity contribution is 0.274. The first kappa shape index (κ1) is 20.3. The molecular weight excluding hydrogens is 322 g/mol. The number of nitrogens with zero attached hydrogens (tertiary/aromatic N) is 1. The molecule has 0 heterocycles. The quantitative estimate of drug-likeness (QED) is 0.659. The van der Waals surface area contributed by atoms with Crippen LogP contribution in [-0.4, -0.2) is 34.7 Å². The van der Waals surface area contributed by atoms with Gasteiger partial charge in [-0.1, -0.05) is 43.3 Å². The second kappa shape index (κ2) is 11.0. The molecule has 0 unspecified atom stereocenters. The first-order chi connectivity index (χ1) is 11.2. The van der Waals surface area contributed by atoms with Crippen LogP contribution in [0, 0.1) is 0 Å². The topological polar surface area (TPSA) is 43.7 Å². The van der Waals surface area contributed by atoms with Gasteiger partial charge in [-0.3, -0.25) is 0 Å². The van der Waals surface area contributed by atoms with Crippen molar-refractivity contribution in [2.24, 2.45) is 0 Å². The zero-order valence-electron chi connectivity index (χ0n) is 14.3. The van der Waals surface area contributed by atoms with Crippen LogP contribution in [0.15, 0.2) is 48.5 Å². The summed E-state index contributed by atoms with van der Waals surface area (Å²) in [5, 5.41) is 18.9. The molecule has 132 valence electrons. The maximum Gasteiger partial charge on any atom is 0.157 e. The van der Waals surface area contributed by atoms with E-state index in [9.17, 15) is 10.2 Å². The predicted octanol–water partition coefficient (Wildman–Crippen LogP) is 4.41. The van der Waals surface area contributed by atoms with E-state index < -0.39 is 0 Å². The van der Waals surface area contributed by atoms with Gasteiger partial charge in [-0.05, 0) is 62.0 Å². The smallest absolute Gasteiger partial charge is 0.157 e. The predicted molar refractivity (Wildman–Crippen MR) is 102 cm³/mol. The van der Waals surface area contributed by atoms with Gasteiger partial charge in [0.05, 0.1) is 0 Å². The highest BCUT2D eigenvalue weighted by atomic mass is 35.5. The van der Waals surface area contributed by atoms with Crippen LogP contribution in [0.5, 0.6) is 11.5 Å². The maximum atomic E-state index is 9.57. The second-order valence-corrected chi connectivity index (χ2v) is 6.00. The van der Waals surface area contributed by atoms with Gasteiger partial charge in [-0.2, -0.15) is 0 Å². The molecule has 2 rings (SSSR count). The Hall–Kier alpha value is -1.71. The largest absolute Gasteiger partial charge is 0.504 e. The van der Waals surface area contributed by atoms with Gasteiger partial charge in [0.25, 0.3) is 0 Å². The molecule has 0 atom stereocenters. The summed E-state index contributed by atoms with van der Waals surface area (Å²) >= 11 is 0. The fraction of sp³-hybridized carbons (Fsp3) is 0.400. The molecule has 2 aromatic rings. The lowest BCUT2D eigenvalue weighted by atomic mass is 10.1. The molecule has 0 saturated carbocycles. The zero-order valence-corrected chi connectivity index (χ0v) is 15.1. The first-order valence-corrected chi connectivity index (χ1v) is 8.46. The molecule has 4 heteroatoms. The average Bonchev–Trinajstić information content (AvgIpc) is 2.56. The number of phenolic OH excluding ortho intramolecular Hbond substituents is 2. The number of benzene rings is 2. The molecule has 0 spiro atoms. The molecule has 0 fully saturated rings. The second-order valence-electron chi connectivity index (χ2n) is 6.00. The highest BCUT2D eigenvalue weighted by molar-refractivity contribution is 5.85. The van der Waals surface area contributed by atoms with E-state index in [0.29, 0.717) is 0 Å². The highest BCUT2D eigenvalue weighted by Gasteiger charge is 2.06. The molecule has 0 amide bonds. The monoisotopic (exact) mass is 349 g/mol. The molecule has 0 aliphatic carbocycles. The van der Waals surface area contributed by atoms with Gasteiger partial charge < -0.3 is 15.1 Å². The van der Waals surface area contributed by atoms with Crippen molar-refractivity contribution in [3.63, 3.8) is 0 Å². The van der Waals surface area contributed by atoms with Gasteiger partial charge in [0, 0.05) is 6.54 Å². The van der Waals surface area contributed by atoms with Gasteiger partial charge in [0.1, 0.15) is 0 Å². The lowest BCUT2D eigenvalue weighted by Crippen LogP contribution is -2.28. The Labute approximate surface area is 151 Å². The molecule has 0 saturated heterocycles. The number of hydrogen-bond donors (Lipinski definition) is 2. The molecule has 0 bridgehead atoms. The van der Waals surface area contributed by atoms with E-state index in [2.05, 4.69) is 42.2 Å². The summed E-state index contributed by atoms with van der Waals surface area (Å²) in [6.07, 6.45) is 4.30. The third-order valence-corrected chi connectivity index (χ3v) is 4.08. The lowest BCUT2D eigenvalue weighted by Gasteiger charge is -2.21. The summed E-state index contributed by atoms with van der Waals surface area (Å²) in [4.78, 5) is 2.48. The van der Waals surface area contributed by atoms with E-state index in [1.165, 1.54) is 5.56 Å². The number of phenols is 2. The molecule has 24 heavy (non-hydrogen) atoms. The van der Waals surface area contributed by atoms with E-state index in [1.54, 1.807) is 12.1 Å². The summed E-state index contributed by atoms with van der Waals surface area (Å²) in [6, 6.07) is 15.7. The zero-order chi connectivity index (χ0) is 16.5.